The molecule has 0 aromatic carbocycles. The highest BCUT2D eigenvalue weighted by Crippen LogP contribution is 2.39. The Kier molecular flexibility index (Phi) is 3.42. The molecule has 1 spiro atoms. The lowest BCUT2D eigenvalue weighted by Gasteiger charge is -2.52. The summed E-state index contributed by atoms with van der Waals surface area (Å²) in [5, 5.41) is 8.68. The molecule has 2 rings (SSSR count). The van der Waals surface area contributed by atoms with Gasteiger partial charge in [-0.2, -0.15) is 0 Å². The van der Waals surface area contributed by atoms with Crippen molar-refractivity contribution in [3.8, 4) is 0 Å². The summed E-state index contributed by atoms with van der Waals surface area (Å²) < 4.78 is 5.38. The summed E-state index contributed by atoms with van der Waals surface area (Å²) in [5.74, 6) is 0. The first kappa shape index (κ1) is 10.4. The summed E-state index contributed by atoms with van der Waals surface area (Å²) in [7, 11) is 0. The van der Waals surface area contributed by atoms with E-state index in [1.807, 2.05) is 0 Å². The van der Waals surface area contributed by atoms with Gasteiger partial charge < -0.3 is 14.7 Å². The second-order valence-electron chi connectivity index (χ2n) is 4.75. The maximum Gasteiger partial charge on any atom is 0.0472 e. The van der Waals surface area contributed by atoms with Crippen molar-refractivity contribution >= 4 is 0 Å². The normalized spacial score (nSPS) is 26.4. The zero-order valence-electron chi connectivity index (χ0n) is 8.87. The highest BCUT2D eigenvalue weighted by Gasteiger charge is 2.43. The fraction of sp³-hybridized carbons (Fsp3) is 1.00. The van der Waals surface area contributed by atoms with Crippen LogP contribution in [0.25, 0.3) is 0 Å². The van der Waals surface area contributed by atoms with Crippen LogP contribution in [0.3, 0.4) is 0 Å². The van der Waals surface area contributed by atoms with Crippen LogP contribution in [0.1, 0.15) is 25.7 Å². The van der Waals surface area contributed by atoms with Crippen molar-refractivity contribution in [3.05, 3.63) is 0 Å². The van der Waals surface area contributed by atoms with E-state index in [2.05, 4.69) is 4.90 Å². The molecule has 3 heteroatoms. The van der Waals surface area contributed by atoms with Crippen molar-refractivity contribution in [1.29, 1.82) is 0 Å². The van der Waals surface area contributed by atoms with E-state index >= 15 is 0 Å². The highest BCUT2D eigenvalue weighted by atomic mass is 16.5. The van der Waals surface area contributed by atoms with Gasteiger partial charge in [0, 0.05) is 38.3 Å². The fourth-order valence-corrected chi connectivity index (χ4v) is 2.63. The standard InChI is InChI=1S/C11H21NO2/c13-6-2-1-5-12-9-11(10-12)3-7-14-8-4-11/h13H,1-10H2. The molecule has 0 aromatic rings. The van der Waals surface area contributed by atoms with E-state index in [4.69, 9.17) is 9.84 Å². The van der Waals surface area contributed by atoms with Gasteiger partial charge in [-0.15, -0.1) is 0 Å². The summed E-state index contributed by atoms with van der Waals surface area (Å²) in [6.07, 6.45) is 4.60. The summed E-state index contributed by atoms with van der Waals surface area (Å²) >= 11 is 0. The van der Waals surface area contributed by atoms with Crippen LogP contribution in [0.15, 0.2) is 0 Å². The molecule has 1 N–H and O–H groups in total. The largest absolute Gasteiger partial charge is 0.396 e. The van der Waals surface area contributed by atoms with Crippen LogP contribution < -0.4 is 0 Å². The van der Waals surface area contributed by atoms with Crippen molar-refractivity contribution in [3.63, 3.8) is 0 Å². The molecule has 2 aliphatic heterocycles. The van der Waals surface area contributed by atoms with E-state index in [0.29, 0.717) is 12.0 Å². The summed E-state index contributed by atoms with van der Waals surface area (Å²) in [6.45, 7) is 5.97. The minimum Gasteiger partial charge on any atom is -0.396 e. The topological polar surface area (TPSA) is 32.7 Å². The molecule has 0 saturated carbocycles. The molecular weight excluding hydrogens is 178 g/mol. The number of aliphatic hydroxyl groups is 1. The van der Waals surface area contributed by atoms with Crippen LogP contribution in [0.5, 0.6) is 0 Å². The third-order valence-electron chi connectivity index (χ3n) is 3.55. The van der Waals surface area contributed by atoms with E-state index in [0.717, 1.165) is 26.1 Å². The number of aliphatic hydroxyl groups excluding tert-OH is 1. The molecule has 0 atom stereocenters. The molecule has 0 amide bonds. The molecule has 2 heterocycles. The van der Waals surface area contributed by atoms with Crippen molar-refractivity contribution in [1.82, 2.24) is 4.90 Å². The third-order valence-corrected chi connectivity index (χ3v) is 3.55. The minimum absolute atomic E-state index is 0.340. The lowest BCUT2D eigenvalue weighted by atomic mass is 9.73. The SMILES string of the molecule is OCCCCN1CC2(CCOCC2)C1. The Labute approximate surface area is 86.0 Å². The van der Waals surface area contributed by atoms with Gasteiger partial charge >= 0.3 is 0 Å². The van der Waals surface area contributed by atoms with Gasteiger partial charge in [-0.05, 0) is 32.2 Å². The third kappa shape index (κ3) is 2.27. The lowest BCUT2D eigenvalue weighted by molar-refractivity contribution is -0.0807. The number of rotatable bonds is 4. The molecule has 0 radical (unpaired) electrons. The molecular formula is C11H21NO2. The number of nitrogens with zero attached hydrogens (tertiary/aromatic N) is 1. The summed E-state index contributed by atoms with van der Waals surface area (Å²) in [6, 6.07) is 0. The highest BCUT2D eigenvalue weighted by molar-refractivity contribution is 4.95. The van der Waals surface area contributed by atoms with Crippen LogP contribution in [0.2, 0.25) is 0 Å². The first-order valence-corrected chi connectivity index (χ1v) is 5.76. The van der Waals surface area contributed by atoms with Crippen LogP contribution in [-0.4, -0.2) is 49.5 Å². The van der Waals surface area contributed by atoms with Gasteiger partial charge in [0.1, 0.15) is 0 Å². The summed E-state index contributed by atoms with van der Waals surface area (Å²) in [5.41, 5.74) is 0.609. The average Bonchev–Trinajstić information content (AvgIpc) is 2.17. The molecule has 3 nitrogen and oxygen atoms in total. The molecule has 2 saturated heterocycles. The van der Waals surface area contributed by atoms with Crippen LogP contribution in [-0.2, 0) is 4.74 Å². The smallest absolute Gasteiger partial charge is 0.0472 e. The van der Waals surface area contributed by atoms with Crippen molar-refractivity contribution < 1.29 is 9.84 Å². The molecule has 0 unspecified atom stereocenters. The zero-order chi connectivity index (χ0) is 9.86. The average molecular weight is 199 g/mol. The molecule has 0 aromatic heterocycles. The van der Waals surface area contributed by atoms with Crippen molar-refractivity contribution in [2.24, 2.45) is 5.41 Å². The van der Waals surface area contributed by atoms with Gasteiger partial charge in [-0.3, -0.25) is 0 Å². The second-order valence-corrected chi connectivity index (χ2v) is 4.75. The number of ether oxygens (including phenoxy) is 1. The van der Waals surface area contributed by atoms with Gasteiger partial charge in [0.05, 0.1) is 0 Å². The minimum atomic E-state index is 0.340. The zero-order valence-corrected chi connectivity index (χ0v) is 8.87. The van der Waals surface area contributed by atoms with Gasteiger partial charge in [-0.25, -0.2) is 0 Å². The first-order chi connectivity index (χ1) is 6.85. The maximum atomic E-state index is 8.68. The lowest BCUT2D eigenvalue weighted by Crippen LogP contribution is -2.58. The quantitative estimate of drug-likeness (QED) is 0.682. The fourth-order valence-electron chi connectivity index (χ4n) is 2.63. The van der Waals surface area contributed by atoms with Gasteiger partial charge in [0.2, 0.25) is 0 Å². The number of likely N-dealkylation sites (tertiary alicyclic amines) is 1. The molecule has 14 heavy (non-hydrogen) atoms. The van der Waals surface area contributed by atoms with Gasteiger partial charge in [0.25, 0.3) is 0 Å². The van der Waals surface area contributed by atoms with E-state index in [-0.39, 0.29) is 0 Å². The van der Waals surface area contributed by atoms with E-state index in [9.17, 15) is 0 Å². The van der Waals surface area contributed by atoms with E-state index < -0.39 is 0 Å². The van der Waals surface area contributed by atoms with Gasteiger partial charge in [-0.1, -0.05) is 0 Å². The van der Waals surface area contributed by atoms with Crippen LogP contribution in [0.4, 0.5) is 0 Å². The molecule has 2 fully saturated rings. The Hall–Kier alpha value is -0.120. The van der Waals surface area contributed by atoms with Crippen LogP contribution in [0, 0.1) is 5.41 Å². The predicted molar refractivity (Wildman–Crippen MR) is 55.2 cm³/mol. The molecule has 0 aliphatic carbocycles. The number of hydrogen-bond donors (Lipinski definition) is 1. The Morgan fingerprint density at radius 1 is 1.14 bits per heavy atom. The molecule has 82 valence electrons. The van der Waals surface area contributed by atoms with Crippen molar-refractivity contribution in [2.45, 2.75) is 25.7 Å². The predicted octanol–water partition coefficient (Wildman–Crippen LogP) is 0.871. The monoisotopic (exact) mass is 199 g/mol. The summed E-state index contributed by atoms with van der Waals surface area (Å²) in [4.78, 5) is 2.51. The second kappa shape index (κ2) is 4.60. The Bertz CT molecular complexity index is 170. The van der Waals surface area contributed by atoms with Crippen molar-refractivity contribution in [2.75, 3.05) is 39.5 Å². The maximum absolute atomic E-state index is 8.68. The Morgan fingerprint density at radius 2 is 1.86 bits per heavy atom. The number of unbranched alkanes of at least 4 members (excludes halogenated alkanes) is 1. The molecule has 0 bridgehead atoms. The number of hydrogen-bond acceptors (Lipinski definition) is 3. The first-order valence-electron chi connectivity index (χ1n) is 5.76. The van der Waals surface area contributed by atoms with E-state index in [1.54, 1.807) is 0 Å². The van der Waals surface area contributed by atoms with Crippen LogP contribution >= 0.6 is 0 Å². The van der Waals surface area contributed by atoms with Gasteiger partial charge in [0.15, 0.2) is 0 Å². The van der Waals surface area contributed by atoms with E-state index in [1.165, 1.54) is 32.5 Å². The molecule has 2 aliphatic rings. The Balaban J connectivity index is 1.62. The Morgan fingerprint density at radius 3 is 2.50 bits per heavy atom.